The molecule has 0 aliphatic rings. The van der Waals surface area contributed by atoms with Crippen LogP contribution in [0.15, 0.2) is 79.1 Å². The van der Waals surface area contributed by atoms with E-state index in [0.29, 0.717) is 30.7 Å². The van der Waals surface area contributed by atoms with Crippen molar-refractivity contribution in [3.8, 4) is 5.75 Å². The summed E-state index contributed by atoms with van der Waals surface area (Å²) in [6.07, 6.45) is -0.637. The van der Waals surface area contributed by atoms with Gasteiger partial charge in [-0.05, 0) is 23.8 Å². The van der Waals surface area contributed by atoms with E-state index < -0.39 is 17.7 Å². The molecule has 3 rings (SSSR count). The number of amides is 1. The second-order valence-electron chi connectivity index (χ2n) is 6.06. The maximum Gasteiger partial charge on any atom is 0.417 e. The van der Waals surface area contributed by atoms with Gasteiger partial charge in [0.2, 0.25) is 5.91 Å². The van der Waals surface area contributed by atoms with Crippen molar-refractivity contribution in [2.24, 2.45) is 0 Å². The molecule has 0 aliphatic heterocycles. The summed E-state index contributed by atoms with van der Waals surface area (Å²) in [4.78, 5) is 12.2. The third-order valence-electron chi connectivity index (χ3n) is 3.92. The van der Waals surface area contributed by atoms with Crippen LogP contribution in [-0.2, 0) is 11.3 Å². The van der Waals surface area contributed by atoms with Gasteiger partial charge in [0.1, 0.15) is 12.4 Å². The minimum absolute atomic E-state index is 0.0779. The van der Waals surface area contributed by atoms with E-state index in [-0.39, 0.29) is 5.56 Å². The Hall–Kier alpha value is -3.55. The predicted molar refractivity (Wildman–Crippen MR) is 103 cm³/mol. The van der Waals surface area contributed by atoms with Gasteiger partial charge in [-0.3, -0.25) is 9.48 Å². The van der Waals surface area contributed by atoms with Gasteiger partial charge in [-0.15, -0.1) is 0 Å². The fourth-order valence-electron chi connectivity index (χ4n) is 2.61. The lowest BCUT2D eigenvalue weighted by Gasteiger charge is -2.12. The van der Waals surface area contributed by atoms with Gasteiger partial charge in [0.15, 0.2) is 0 Å². The summed E-state index contributed by atoms with van der Waals surface area (Å²) >= 11 is 0. The standard InChI is InChI=1S/C21H18F3N3O2/c22-21(23,24)19(16-6-2-1-3-7-16)15-20(28)26-17-8-4-9-18(14-17)29-13-12-27-11-5-10-25-27/h1-11,14-15H,12-13H2,(H,26,28)/b19-15-. The second-order valence-corrected chi connectivity index (χ2v) is 6.06. The number of carbonyl (C=O) groups excluding carboxylic acids is 1. The van der Waals surface area contributed by atoms with Crippen LogP contribution >= 0.6 is 0 Å². The van der Waals surface area contributed by atoms with Crippen molar-refractivity contribution < 1.29 is 22.7 Å². The Morgan fingerprint density at radius 1 is 1.10 bits per heavy atom. The molecule has 0 atom stereocenters. The second kappa shape index (κ2) is 9.09. The summed E-state index contributed by atoms with van der Waals surface area (Å²) in [5, 5.41) is 6.50. The van der Waals surface area contributed by atoms with Crippen LogP contribution in [0.2, 0.25) is 0 Å². The molecule has 1 aromatic heterocycles. The predicted octanol–water partition coefficient (Wildman–Crippen LogP) is 4.55. The van der Waals surface area contributed by atoms with Crippen LogP contribution < -0.4 is 10.1 Å². The SMILES string of the molecule is O=C(/C=C(/c1ccccc1)C(F)(F)F)Nc1cccc(OCCn2cccn2)c1. The molecule has 0 bridgehead atoms. The number of hydrogen-bond donors (Lipinski definition) is 1. The highest BCUT2D eigenvalue weighted by Crippen LogP contribution is 2.33. The zero-order valence-electron chi connectivity index (χ0n) is 15.3. The van der Waals surface area contributed by atoms with E-state index in [1.807, 2.05) is 0 Å². The number of halogens is 3. The van der Waals surface area contributed by atoms with Gasteiger partial charge in [-0.1, -0.05) is 36.4 Å². The Morgan fingerprint density at radius 2 is 1.90 bits per heavy atom. The quantitative estimate of drug-likeness (QED) is 0.591. The fourth-order valence-corrected chi connectivity index (χ4v) is 2.61. The number of ether oxygens (including phenoxy) is 1. The van der Waals surface area contributed by atoms with E-state index in [9.17, 15) is 18.0 Å². The van der Waals surface area contributed by atoms with Crippen molar-refractivity contribution in [3.63, 3.8) is 0 Å². The van der Waals surface area contributed by atoms with Crippen molar-refractivity contribution in [1.82, 2.24) is 9.78 Å². The number of benzene rings is 2. The van der Waals surface area contributed by atoms with Crippen molar-refractivity contribution in [2.45, 2.75) is 12.7 Å². The Labute approximate surface area is 165 Å². The Kier molecular flexibility index (Phi) is 6.33. The van der Waals surface area contributed by atoms with Crippen molar-refractivity contribution >= 4 is 17.2 Å². The third kappa shape index (κ3) is 5.97. The topological polar surface area (TPSA) is 56.1 Å². The summed E-state index contributed by atoms with van der Waals surface area (Å²) in [5.74, 6) is -0.395. The van der Waals surface area contributed by atoms with Gasteiger partial charge in [0.05, 0.1) is 12.1 Å². The van der Waals surface area contributed by atoms with E-state index in [1.165, 1.54) is 24.3 Å². The first kappa shape index (κ1) is 20.2. The maximum atomic E-state index is 13.3. The molecule has 0 fully saturated rings. The lowest BCUT2D eigenvalue weighted by atomic mass is 10.1. The van der Waals surface area contributed by atoms with Crippen LogP contribution in [-0.4, -0.2) is 28.5 Å². The number of rotatable bonds is 7. The molecule has 29 heavy (non-hydrogen) atoms. The third-order valence-corrected chi connectivity index (χ3v) is 3.92. The van der Waals surface area contributed by atoms with E-state index >= 15 is 0 Å². The minimum atomic E-state index is -4.66. The number of anilines is 1. The minimum Gasteiger partial charge on any atom is -0.492 e. The highest BCUT2D eigenvalue weighted by molar-refractivity contribution is 6.04. The molecule has 0 spiro atoms. The maximum absolute atomic E-state index is 13.3. The lowest BCUT2D eigenvalue weighted by molar-refractivity contribution is -0.112. The highest BCUT2D eigenvalue weighted by Gasteiger charge is 2.35. The van der Waals surface area contributed by atoms with Crippen LogP contribution in [0, 0.1) is 0 Å². The van der Waals surface area contributed by atoms with Gasteiger partial charge in [0.25, 0.3) is 0 Å². The lowest BCUT2D eigenvalue weighted by Crippen LogP contribution is -2.16. The molecule has 8 heteroatoms. The summed E-state index contributed by atoms with van der Waals surface area (Å²) in [7, 11) is 0. The first-order chi connectivity index (χ1) is 13.9. The molecular formula is C21H18F3N3O2. The molecule has 0 aliphatic carbocycles. The summed E-state index contributed by atoms with van der Waals surface area (Å²) in [6.45, 7) is 0.892. The number of nitrogens with one attached hydrogen (secondary N) is 1. The molecule has 3 aromatic rings. The van der Waals surface area contributed by atoms with Crippen LogP contribution in [0.1, 0.15) is 5.56 Å². The molecule has 5 nitrogen and oxygen atoms in total. The van der Waals surface area contributed by atoms with Crippen LogP contribution in [0.25, 0.3) is 5.57 Å². The van der Waals surface area contributed by atoms with Crippen LogP contribution in [0.4, 0.5) is 18.9 Å². The number of aromatic nitrogens is 2. The number of alkyl halides is 3. The van der Waals surface area contributed by atoms with Gasteiger partial charge in [0, 0.05) is 30.2 Å². The summed E-state index contributed by atoms with van der Waals surface area (Å²) in [5.41, 5.74) is -0.759. The monoisotopic (exact) mass is 401 g/mol. The molecule has 1 heterocycles. The molecule has 150 valence electrons. The van der Waals surface area contributed by atoms with Crippen molar-refractivity contribution in [2.75, 3.05) is 11.9 Å². The molecule has 1 amide bonds. The Bertz CT molecular complexity index is 968. The van der Waals surface area contributed by atoms with E-state index in [4.69, 9.17) is 4.74 Å². The van der Waals surface area contributed by atoms with E-state index in [1.54, 1.807) is 53.5 Å². The number of nitrogens with zero attached hydrogens (tertiary/aromatic N) is 2. The van der Waals surface area contributed by atoms with E-state index in [2.05, 4.69) is 10.4 Å². The molecule has 2 aromatic carbocycles. The molecule has 0 saturated heterocycles. The van der Waals surface area contributed by atoms with Gasteiger partial charge in [-0.2, -0.15) is 18.3 Å². The molecule has 0 saturated carbocycles. The smallest absolute Gasteiger partial charge is 0.417 e. The zero-order valence-corrected chi connectivity index (χ0v) is 15.3. The van der Waals surface area contributed by atoms with Crippen molar-refractivity contribution in [3.05, 3.63) is 84.7 Å². The zero-order chi connectivity index (χ0) is 20.7. The fraction of sp³-hybridized carbons (Fsp3) is 0.143. The van der Waals surface area contributed by atoms with Crippen LogP contribution in [0.3, 0.4) is 0 Å². The molecule has 0 radical (unpaired) electrons. The Morgan fingerprint density at radius 3 is 2.59 bits per heavy atom. The average molecular weight is 401 g/mol. The van der Waals surface area contributed by atoms with Gasteiger partial charge in [-0.25, -0.2) is 0 Å². The van der Waals surface area contributed by atoms with Crippen LogP contribution in [0.5, 0.6) is 5.75 Å². The first-order valence-corrected chi connectivity index (χ1v) is 8.77. The summed E-state index contributed by atoms with van der Waals surface area (Å²) in [6, 6.07) is 15.4. The number of carbonyl (C=O) groups is 1. The van der Waals surface area contributed by atoms with Crippen molar-refractivity contribution in [1.29, 1.82) is 0 Å². The largest absolute Gasteiger partial charge is 0.492 e. The van der Waals surface area contributed by atoms with E-state index in [0.717, 1.165) is 0 Å². The first-order valence-electron chi connectivity index (χ1n) is 8.77. The summed E-state index contributed by atoms with van der Waals surface area (Å²) < 4.78 is 47.4. The van der Waals surface area contributed by atoms with Gasteiger partial charge < -0.3 is 10.1 Å². The number of hydrogen-bond acceptors (Lipinski definition) is 3. The normalized spacial score (nSPS) is 11.9. The highest BCUT2D eigenvalue weighted by atomic mass is 19.4. The molecular weight excluding hydrogens is 383 g/mol. The molecule has 0 unspecified atom stereocenters. The average Bonchev–Trinajstić information content (AvgIpc) is 3.20. The Balaban J connectivity index is 1.67. The van der Waals surface area contributed by atoms with Gasteiger partial charge >= 0.3 is 6.18 Å². The molecule has 1 N–H and O–H groups in total. The number of allylic oxidation sites excluding steroid dienone is 1.